The van der Waals surface area contributed by atoms with E-state index in [1.54, 1.807) is 12.1 Å². The number of hydrogen-bond acceptors (Lipinski definition) is 7. The zero-order chi connectivity index (χ0) is 20.8. The predicted molar refractivity (Wildman–Crippen MR) is 107 cm³/mol. The number of carbonyl (C=O) groups excluding carboxylic acids is 1. The molecule has 152 valence electrons. The van der Waals surface area contributed by atoms with Gasteiger partial charge in [-0.1, -0.05) is 29.4 Å². The summed E-state index contributed by atoms with van der Waals surface area (Å²) in [4.78, 5) is 16.9. The van der Waals surface area contributed by atoms with Gasteiger partial charge in [-0.25, -0.2) is 0 Å². The van der Waals surface area contributed by atoms with Crippen molar-refractivity contribution in [3.8, 4) is 28.6 Å². The minimum absolute atomic E-state index is 0.275. The second kappa shape index (κ2) is 9.09. The Morgan fingerprint density at radius 2 is 1.76 bits per heavy atom. The topological polar surface area (TPSA) is 95.7 Å². The van der Waals surface area contributed by atoms with Gasteiger partial charge in [0.05, 0.1) is 21.3 Å². The van der Waals surface area contributed by atoms with Gasteiger partial charge in [0, 0.05) is 24.1 Å². The molecule has 2 aromatic carbocycles. The molecular weight excluding hydrogens is 374 g/mol. The smallest absolute Gasteiger partial charge is 0.251 e. The van der Waals surface area contributed by atoms with Crippen LogP contribution in [0.4, 0.5) is 0 Å². The fourth-order valence-electron chi connectivity index (χ4n) is 2.89. The molecule has 0 fully saturated rings. The van der Waals surface area contributed by atoms with Gasteiger partial charge in [-0.3, -0.25) is 4.79 Å². The molecule has 0 unspecified atom stereocenters. The summed E-state index contributed by atoms with van der Waals surface area (Å²) in [5.41, 5.74) is 2.38. The summed E-state index contributed by atoms with van der Waals surface area (Å²) in [6.45, 7) is 2.33. The maximum atomic E-state index is 12.5. The average molecular weight is 397 g/mol. The molecule has 1 N–H and O–H groups in total. The third-order valence-electron chi connectivity index (χ3n) is 4.41. The number of nitrogens with one attached hydrogen (secondary N) is 1. The number of nitrogens with zero attached hydrogens (tertiary/aromatic N) is 2. The Hall–Kier alpha value is -3.55. The van der Waals surface area contributed by atoms with Crippen molar-refractivity contribution >= 4 is 5.91 Å². The van der Waals surface area contributed by atoms with Crippen LogP contribution >= 0.6 is 0 Å². The third kappa shape index (κ3) is 4.48. The fraction of sp³-hybridized carbons (Fsp3) is 0.286. The molecule has 3 aromatic rings. The molecular formula is C21H23N3O5. The van der Waals surface area contributed by atoms with E-state index in [-0.39, 0.29) is 5.91 Å². The minimum Gasteiger partial charge on any atom is -0.493 e. The van der Waals surface area contributed by atoms with E-state index >= 15 is 0 Å². The lowest BCUT2D eigenvalue weighted by molar-refractivity contribution is 0.0952. The Morgan fingerprint density at radius 3 is 2.38 bits per heavy atom. The summed E-state index contributed by atoms with van der Waals surface area (Å²) < 4.78 is 21.1. The van der Waals surface area contributed by atoms with Crippen LogP contribution in [-0.4, -0.2) is 43.9 Å². The van der Waals surface area contributed by atoms with Crippen molar-refractivity contribution in [1.82, 2.24) is 15.5 Å². The third-order valence-corrected chi connectivity index (χ3v) is 4.41. The van der Waals surface area contributed by atoms with E-state index in [4.69, 9.17) is 18.7 Å². The number of rotatable bonds is 8. The summed E-state index contributed by atoms with van der Waals surface area (Å²) >= 11 is 0. The molecule has 0 atom stereocenters. The Balaban J connectivity index is 1.64. The van der Waals surface area contributed by atoms with Gasteiger partial charge >= 0.3 is 0 Å². The van der Waals surface area contributed by atoms with Gasteiger partial charge in [0.2, 0.25) is 17.5 Å². The number of hydrogen-bond donors (Lipinski definition) is 1. The number of aromatic nitrogens is 2. The molecule has 0 aliphatic heterocycles. The van der Waals surface area contributed by atoms with Crippen LogP contribution in [-0.2, 0) is 6.42 Å². The zero-order valence-electron chi connectivity index (χ0n) is 16.8. The first-order valence-corrected chi connectivity index (χ1v) is 9.04. The molecule has 0 saturated heterocycles. The van der Waals surface area contributed by atoms with Crippen LogP contribution in [0, 0.1) is 6.92 Å². The molecule has 1 aromatic heterocycles. The number of aryl methyl sites for hydroxylation is 1. The Morgan fingerprint density at radius 1 is 1.07 bits per heavy atom. The van der Waals surface area contributed by atoms with Crippen LogP contribution < -0.4 is 19.5 Å². The van der Waals surface area contributed by atoms with Crippen molar-refractivity contribution < 1.29 is 23.5 Å². The van der Waals surface area contributed by atoms with E-state index in [0.717, 1.165) is 11.1 Å². The van der Waals surface area contributed by atoms with Gasteiger partial charge in [0.15, 0.2) is 11.5 Å². The van der Waals surface area contributed by atoms with E-state index in [1.165, 1.54) is 21.3 Å². The van der Waals surface area contributed by atoms with Gasteiger partial charge in [-0.2, -0.15) is 4.98 Å². The molecule has 3 rings (SSSR count). The largest absolute Gasteiger partial charge is 0.493 e. The molecule has 1 amide bonds. The Labute approximate surface area is 168 Å². The van der Waals surface area contributed by atoms with Gasteiger partial charge < -0.3 is 24.1 Å². The zero-order valence-corrected chi connectivity index (χ0v) is 16.8. The second-order valence-electron chi connectivity index (χ2n) is 6.25. The molecule has 0 radical (unpaired) electrons. The van der Waals surface area contributed by atoms with E-state index in [1.807, 2.05) is 31.2 Å². The maximum Gasteiger partial charge on any atom is 0.251 e. The van der Waals surface area contributed by atoms with Crippen LogP contribution in [0.1, 0.15) is 21.8 Å². The van der Waals surface area contributed by atoms with Crippen LogP contribution in [0.5, 0.6) is 17.2 Å². The lowest BCUT2D eigenvalue weighted by Crippen LogP contribution is -2.25. The summed E-state index contributed by atoms with van der Waals surface area (Å²) in [5.74, 6) is 1.97. The monoisotopic (exact) mass is 397 g/mol. The van der Waals surface area contributed by atoms with Crippen molar-refractivity contribution in [2.75, 3.05) is 27.9 Å². The summed E-state index contributed by atoms with van der Waals surface area (Å²) in [7, 11) is 4.51. The highest BCUT2D eigenvalue weighted by atomic mass is 16.5. The summed E-state index contributed by atoms with van der Waals surface area (Å²) in [6.07, 6.45) is 0.412. The molecule has 0 saturated carbocycles. The van der Waals surface area contributed by atoms with Gasteiger partial charge in [-0.05, 0) is 24.6 Å². The van der Waals surface area contributed by atoms with E-state index in [9.17, 15) is 4.79 Å². The molecule has 8 heteroatoms. The maximum absolute atomic E-state index is 12.5. The van der Waals surface area contributed by atoms with Gasteiger partial charge in [-0.15, -0.1) is 0 Å². The highest BCUT2D eigenvalue weighted by molar-refractivity contribution is 5.95. The first kappa shape index (κ1) is 20.2. The molecule has 0 aliphatic carbocycles. The normalized spacial score (nSPS) is 10.5. The number of carbonyl (C=O) groups is 1. The standard InChI is InChI=1S/C21H23N3O5/c1-13-7-5-6-8-15(13)20-23-18(29-24-20)9-10-22-21(25)14-11-16(26-2)19(28-4)17(12-14)27-3/h5-8,11-12H,9-10H2,1-4H3,(H,22,25). The van der Waals surface area contributed by atoms with Crippen LogP contribution in [0.15, 0.2) is 40.9 Å². The molecule has 1 heterocycles. The highest BCUT2D eigenvalue weighted by Crippen LogP contribution is 2.38. The number of benzene rings is 2. The molecule has 0 spiro atoms. The molecule has 29 heavy (non-hydrogen) atoms. The van der Waals surface area contributed by atoms with E-state index in [2.05, 4.69) is 15.5 Å². The second-order valence-corrected chi connectivity index (χ2v) is 6.25. The fourth-order valence-corrected chi connectivity index (χ4v) is 2.89. The van der Waals surface area contributed by atoms with Crippen molar-refractivity contribution in [2.24, 2.45) is 0 Å². The Bertz CT molecular complexity index is 974. The minimum atomic E-state index is -0.275. The number of amides is 1. The first-order valence-electron chi connectivity index (χ1n) is 9.04. The average Bonchev–Trinajstić information content (AvgIpc) is 3.21. The molecule has 8 nitrogen and oxygen atoms in total. The lowest BCUT2D eigenvalue weighted by atomic mass is 10.1. The summed E-state index contributed by atoms with van der Waals surface area (Å²) in [6, 6.07) is 11.0. The Kier molecular flexibility index (Phi) is 6.33. The van der Waals surface area contributed by atoms with Gasteiger partial charge in [0.25, 0.3) is 5.91 Å². The predicted octanol–water partition coefficient (Wildman–Crippen LogP) is 3.04. The van der Waals surface area contributed by atoms with Crippen molar-refractivity contribution in [2.45, 2.75) is 13.3 Å². The van der Waals surface area contributed by atoms with Crippen molar-refractivity contribution in [3.05, 3.63) is 53.4 Å². The number of ether oxygens (including phenoxy) is 3. The van der Waals surface area contributed by atoms with E-state index in [0.29, 0.717) is 47.5 Å². The summed E-state index contributed by atoms with van der Waals surface area (Å²) in [5, 5.41) is 6.85. The molecule has 0 aliphatic rings. The van der Waals surface area contributed by atoms with Gasteiger partial charge in [0.1, 0.15) is 0 Å². The van der Waals surface area contributed by atoms with Crippen LogP contribution in [0.3, 0.4) is 0 Å². The quantitative estimate of drug-likeness (QED) is 0.624. The first-order chi connectivity index (χ1) is 14.1. The highest BCUT2D eigenvalue weighted by Gasteiger charge is 2.17. The molecule has 0 bridgehead atoms. The number of methoxy groups -OCH3 is 3. The lowest BCUT2D eigenvalue weighted by Gasteiger charge is -2.14. The van der Waals surface area contributed by atoms with Crippen molar-refractivity contribution in [1.29, 1.82) is 0 Å². The van der Waals surface area contributed by atoms with Crippen molar-refractivity contribution in [3.63, 3.8) is 0 Å². The van der Waals surface area contributed by atoms with E-state index < -0.39 is 0 Å². The van der Waals surface area contributed by atoms with Crippen LogP contribution in [0.25, 0.3) is 11.4 Å². The SMILES string of the molecule is COc1cc(C(=O)NCCc2nc(-c3ccccc3C)no2)cc(OC)c1OC. The van der Waals surface area contributed by atoms with Crippen LogP contribution in [0.2, 0.25) is 0 Å².